The van der Waals surface area contributed by atoms with Crippen molar-refractivity contribution in [2.45, 2.75) is 4.90 Å². The van der Waals surface area contributed by atoms with E-state index in [1.807, 2.05) is 0 Å². The summed E-state index contributed by atoms with van der Waals surface area (Å²) in [6.45, 7) is 0. The van der Waals surface area contributed by atoms with Gasteiger partial charge in [0.05, 0.1) is 9.82 Å². The minimum absolute atomic E-state index is 0. The Kier molecular flexibility index (Phi) is 4.30. The molecule has 3 nitrogen and oxygen atoms in total. The van der Waals surface area contributed by atoms with E-state index in [9.17, 15) is 10.1 Å². The summed E-state index contributed by atoms with van der Waals surface area (Å²) in [6, 6.07) is 6.32. The normalized spacial score (nSPS) is 8.45. The van der Waals surface area contributed by atoms with Gasteiger partial charge in [-0.25, -0.2) is 0 Å². The Balaban J connectivity index is 0.000001000. The molecule has 11 heavy (non-hydrogen) atoms. The largest absolute Gasteiger partial charge is 0.282 e. The number of benzene rings is 1. The van der Waals surface area contributed by atoms with Gasteiger partial charge in [0.1, 0.15) is 0 Å². The van der Waals surface area contributed by atoms with Gasteiger partial charge >= 0.3 is 0 Å². The van der Waals surface area contributed by atoms with E-state index in [1.165, 1.54) is 6.07 Å². The SMILES string of the molecule is O=[N+]([O-])c1ccccc1S.[Zn]. The van der Waals surface area contributed by atoms with Crippen molar-refractivity contribution in [2.75, 3.05) is 0 Å². The Morgan fingerprint density at radius 3 is 2.27 bits per heavy atom. The zero-order valence-corrected chi connectivity index (χ0v) is 9.59. The maximum atomic E-state index is 10.2. The molecule has 0 heterocycles. The smallest absolute Gasteiger partial charge is 0.258 e. The predicted octanol–water partition coefficient (Wildman–Crippen LogP) is 1.88. The Labute approximate surface area is 82.1 Å². The molecule has 1 aromatic carbocycles. The average Bonchev–Trinajstić information content (AvgIpc) is 1.88. The van der Waals surface area contributed by atoms with Gasteiger partial charge < -0.3 is 0 Å². The van der Waals surface area contributed by atoms with Crippen molar-refractivity contribution in [1.29, 1.82) is 0 Å². The minimum atomic E-state index is -0.456. The van der Waals surface area contributed by atoms with Gasteiger partial charge in [-0.3, -0.25) is 10.1 Å². The molecule has 0 saturated heterocycles. The van der Waals surface area contributed by atoms with Crippen molar-refractivity contribution in [3.05, 3.63) is 34.4 Å². The molecule has 0 unspecified atom stereocenters. The van der Waals surface area contributed by atoms with E-state index in [-0.39, 0.29) is 25.2 Å². The predicted molar refractivity (Wildman–Crippen MR) is 40.3 cm³/mol. The fourth-order valence-electron chi connectivity index (χ4n) is 0.619. The fourth-order valence-corrected chi connectivity index (χ4v) is 0.861. The molecular formula is C6H5NO2SZn. The number of thiol groups is 1. The van der Waals surface area contributed by atoms with Crippen molar-refractivity contribution >= 4 is 18.3 Å². The summed E-state index contributed by atoms with van der Waals surface area (Å²) in [5, 5.41) is 10.2. The van der Waals surface area contributed by atoms with Crippen LogP contribution in [-0.2, 0) is 19.5 Å². The van der Waals surface area contributed by atoms with E-state index in [4.69, 9.17) is 0 Å². The van der Waals surface area contributed by atoms with Crippen LogP contribution in [0.25, 0.3) is 0 Å². The number of nitrogens with zero attached hydrogens (tertiary/aromatic N) is 1. The van der Waals surface area contributed by atoms with E-state index in [1.54, 1.807) is 18.2 Å². The molecule has 1 aromatic rings. The summed E-state index contributed by atoms with van der Waals surface area (Å²) in [4.78, 5) is 10.1. The standard InChI is InChI=1S/C6H5NO2S.Zn/c8-7(9)5-3-1-2-4-6(5)10;/h1-4,10H;. The number of nitro groups is 1. The first kappa shape index (κ1) is 10.6. The van der Waals surface area contributed by atoms with Gasteiger partial charge in [-0.1, -0.05) is 12.1 Å². The number of hydrogen-bond donors (Lipinski definition) is 1. The van der Waals surface area contributed by atoms with E-state index < -0.39 is 4.92 Å². The van der Waals surface area contributed by atoms with Gasteiger partial charge in [-0.15, -0.1) is 12.6 Å². The van der Waals surface area contributed by atoms with Crippen molar-refractivity contribution < 1.29 is 24.4 Å². The molecule has 0 amide bonds. The van der Waals surface area contributed by atoms with Crippen LogP contribution in [0.2, 0.25) is 0 Å². The summed E-state index contributed by atoms with van der Waals surface area (Å²) in [7, 11) is 0. The van der Waals surface area contributed by atoms with E-state index in [0.717, 1.165) is 0 Å². The molecule has 0 N–H and O–H groups in total. The third-order valence-electron chi connectivity index (χ3n) is 1.08. The Morgan fingerprint density at radius 2 is 1.91 bits per heavy atom. The summed E-state index contributed by atoms with van der Waals surface area (Å²) in [5.74, 6) is 0. The van der Waals surface area contributed by atoms with Gasteiger partial charge in [0, 0.05) is 25.5 Å². The van der Waals surface area contributed by atoms with Crippen LogP contribution in [0, 0.1) is 10.1 Å². The van der Waals surface area contributed by atoms with E-state index in [2.05, 4.69) is 12.6 Å². The second-order valence-electron chi connectivity index (χ2n) is 1.75. The molecule has 5 heteroatoms. The van der Waals surface area contributed by atoms with Crippen molar-refractivity contribution in [1.82, 2.24) is 0 Å². The molecule has 0 radical (unpaired) electrons. The monoisotopic (exact) mass is 219 g/mol. The van der Waals surface area contributed by atoms with Crippen LogP contribution in [0.3, 0.4) is 0 Å². The first-order valence-electron chi connectivity index (χ1n) is 2.64. The summed E-state index contributed by atoms with van der Waals surface area (Å²) < 4.78 is 0. The van der Waals surface area contributed by atoms with Crippen LogP contribution in [0.4, 0.5) is 5.69 Å². The molecule has 0 aliphatic heterocycles. The van der Waals surface area contributed by atoms with Crippen LogP contribution in [0.5, 0.6) is 0 Å². The fraction of sp³-hybridized carbons (Fsp3) is 0. The van der Waals surface area contributed by atoms with Crippen LogP contribution >= 0.6 is 12.6 Å². The van der Waals surface area contributed by atoms with E-state index >= 15 is 0 Å². The number of nitro benzene ring substituents is 1. The molecule has 0 saturated carbocycles. The number of rotatable bonds is 1. The first-order valence-corrected chi connectivity index (χ1v) is 3.09. The zero-order valence-electron chi connectivity index (χ0n) is 5.73. The van der Waals surface area contributed by atoms with Gasteiger partial charge in [-0.05, 0) is 6.07 Å². The Morgan fingerprint density at radius 1 is 1.36 bits per heavy atom. The van der Waals surface area contributed by atoms with Crippen molar-refractivity contribution in [2.24, 2.45) is 0 Å². The Bertz CT molecular complexity index is 267. The van der Waals surface area contributed by atoms with Crippen LogP contribution in [0.1, 0.15) is 0 Å². The van der Waals surface area contributed by atoms with Crippen molar-refractivity contribution in [3.8, 4) is 0 Å². The second kappa shape index (κ2) is 4.47. The van der Waals surface area contributed by atoms with E-state index in [0.29, 0.717) is 4.90 Å². The molecule has 0 aliphatic carbocycles. The van der Waals surface area contributed by atoms with Crippen LogP contribution in [-0.4, -0.2) is 4.92 Å². The first-order chi connectivity index (χ1) is 4.72. The summed E-state index contributed by atoms with van der Waals surface area (Å²) in [5.41, 5.74) is 0.0471. The van der Waals surface area contributed by atoms with Gasteiger partial charge in [0.2, 0.25) is 0 Å². The molecular weight excluding hydrogens is 216 g/mol. The molecule has 0 bridgehead atoms. The molecule has 0 aliphatic rings. The number of hydrogen-bond acceptors (Lipinski definition) is 3. The van der Waals surface area contributed by atoms with Gasteiger partial charge in [0.25, 0.3) is 5.69 Å². The molecule has 54 valence electrons. The molecule has 0 atom stereocenters. The molecule has 0 fully saturated rings. The maximum absolute atomic E-state index is 10.2. The minimum Gasteiger partial charge on any atom is -0.258 e. The molecule has 0 spiro atoms. The van der Waals surface area contributed by atoms with Crippen LogP contribution in [0.15, 0.2) is 29.2 Å². The average molecular weight is 221 g/mol. The summed E-state index contributed by atoms with van der Waals surface area (Å²) >= 11 is 3.90. The van der Waals surface area contributed by atoms with Crippen molar-refractivity contribution in [3.63, 3.8) is 0 Å². The molecule has 1 rings (SSSR count). The quantitative estimate of drug-likeness (QED) is 0.340. The second-order valence-corrected chi connectivity index (χ2v) is 2.23. The third-order valence-corrected chi connectivity index (χ3v) is 1.46. The number of para-hydroxylation sites is 1. The maximum Gasteiger partial charge on any atom is 0.282 e. The summed E-state index contributed by atoms with van der Waals surface area (Å²) in [6.07, 6.45) is 0. The van der Waals surface area contributed by atoms with Gasteiger partial charge in [-0.2, -0.15) is 0 Å². The molecule has 0 aromatic heterocycles. The topological polar surface area (TPSA) is 43.1 Å². The third kappa shape index (κ3) is 2.60. The van der Waals surface area contributed by atoms with Gasteiger partial charge in [0.15, 0.2) is 0 Å². The van der Waals surface area contributed by atoms with Crippen LogP contribution < -0.4 is 0 Å². The Hall–Kier alpha value is -0.407. The zero-order chi connectivity index (χ0) is 7.56.